The maximum absolute atomic E-state index is 11.8. The maximum Gasteiger partial charge on any atom is 0.407 e. The molecule has 124 valence electrons. The van der Waals surface area contributed by atoms with Crippen molar-refractivity contribution >= 4 is 6.09 Å². The molecule has 0 spiro atoms. The van der Waals surface area contributed by atoms with Crippen LogP contribution in [0.2, 0.25) is 0 Å². The number of carbonyl (C=O) groups is 1. The Morgan fingerprint density at radius 2 is 1.52 bits per heavy atom. The van der Waals surface area contributed by atoms with E-state index in [-0.39, 0.29) is 12.6 Å². The summed E-state index contributed by atoms with van der Waals surface area (Å²) >= 11 is 0. The van der Waals surface area contributed by atoms with Gasteiger partial charge in [-0.1, -0.05) is 74.5 Å². The van der Waals surface area contributed by atoms with Crippen molar-refractivity contribution in [2.24, 2.45) is 5.73 Å². The Kier molecular flexibility index (Phi) is 9.17. The van der Waals surface area contributed by atoms with Gasteiger partial charge in [0.15, 0.2) is 0 Å². The molecule has 1 atom stereocenters. The monoisotopic (exact) mass is 314 g/mol. The zero-order valence-corrected chi connectivity index (χ0v) is 13.9. The van der Waals surface area contributed by atoms with Crippen molar-refractivity contribution < 1.29 is 9.53 Å². The lowest BCUT2D eigenvalue weighted by molar-refractivity contribution is 0.136. The quantitative estimate of drug-likeness (QED) is 0.857. The first-order valence-corrected chi connectivity index (χ1v) is 7.99. The molecule has 0 fully saturated rings. The Bertz CT molecular complexity index is 544. The number of amides is 1. The van der Waals surface area contributed by atoms with Crippen LogP contribution in [0, 0.1) is 0 Å². The molecular weight excluding hydrogens is 288 g/mol. The van der Waals surface area contributed by atoms with Gasteiger partial charge < -0.3 is 15.8 Å². The summed E-state index contributed by atoms with van der Waals surface area (Å²) in [7, 11) is 0. The average Bonchev–Trinajstić information content (AvgIpc) is 2.63. The number of benzene rings is 2. The summed E-state index contributed by atoms with van der Waals surface area (Å²) in [5.41, 5.74) is 7.80. The number of alkyl carbamates (subject to hydrolysis) is 1. The van der Waals surface area contributed by atoms with E-state index in [1.165, 1.54) is 0 Å². The van der Waals surface area contributed by atoms with Crippen LogP contribution in [0.1, 0.15) is 25.0 Å². The second kappa shape index (κ2) is 11.3. The van der Waals surface area contributed by atoms with E-state index in [2.05, 4.69) is 5.32 Å². The molecule has 3 N–H and O–H groups in total. The van der Waals surface area contributed by atoms with E-state index in [0.29, 0.717) is 13.0 Å². The molecule has 0 aliphatic heterocycles. The fourth-order valence-corrected chi connectivity index (χ4v) is 2.02. The number of nitrogens with one attached hydrogen (secondary N) is 1. The third kappa shape index (κ3) is 7.47. The van der Waals surface area contributed by atoms with E-state index in [9.17, 15) is 4.79 Å². The van der Waals surface area contributed by atoms with Crippen LogP contribution in [0.4, 0.5) is 4.79 Å². The fourth-order valence-electron chi connectivity index (χ4n) is 2.02. The largest absolute Gasteiger partial charge is 0.445 e. The predicted octanol–water partition coefficient (Wildman–Crippen LogP) is 3.51. The van der Waals surface area contributed by atoms with Crippen molar-refractivity contribution in [3.63, 3.8) is 0 Å². The summed E-state index contributed by atoms with van der Waals surface area (Å²) in [6.07, 6.45) is 0.253. The minimum Gasteiger partial charge on any atom is -0.445 e. The highest BCUT2D eigenvalue weighted by Crippen LogP contribution is 2.04. The summed E-state index contributed by atoms with van der Waals surface area (Å²) in [5.74, 6) is 0. The molecule has 4 nitrogen and oxygen atoms in total. The topological polar surface area (TPSA) is 64.3 Å². The Morgan fingerprint density at radius 1 is 1.00 bits per heavy atom. The number of nitrogens with two attached hydrogens (primary N) is 1. The summed E-state index contributed by atoms with van der Waals surface area (Å²) in [6.45, 7) is 4.63. The molecule has 2 aromatic carbocycles. The highest BCUT2D eigenvalue weighted by molar-refractivity contribution is 5.67. The number of rotatable bonds is 6. The molecule has 0 heterocycles. The summed E-state index contributed by atoms with van der Waals surface area (Å²) in [5, 5.41) is 2.80. The molecule has 2 rings (SSSR count). The number of hydrogen-bond donors (Lipinski definition) is 2. The van der Waals surface area contributed by atoms with Crippen LogP contribution in [-0.2, 0) is 17.8 Å². The molecule has 4 heteroatoms. The lowest BCUT2D eigenvalue weighted by Crippen LogP contribution is -2.41. The van der Waals surface area contributed by atoms with Crippen LogP contribution in [0.25, 0.3) is 0 Å². The van der Waals surface area contributed by atoms with Crippen molar-refractivity contribution in [3.05, 3.63) is 71.8 Å². The third-order valence-corrected chi connectivity index (χ3v) is 3.14. The molecule has 0 bridgehead atoms. The van der Waals surface area contributed by atoms with Crippen molar-refractivity contribution in [3.8, 4) is 0 Å². The molecule has 0 aromatic heterocycles. The number of ether oxygens (including phenoxy) is 1. The van der Waals surface area contributed by atoms with Gasteiger partial charge in [-0.25, -0.2) is 4.79 Å². The predicted molar refractivity (Wildman–Crippen MR) is 94.1 cm³/mol. The van der Waals surface area contributed by atoms with E-state index in [1.54, 1.807) is 0 Å². The molecule has 0 radical (unpaired) electrons. The first-order valence-electron chi connectivity index (χ1n) is 7.99. The van der Waals surface area contributed by atoms with Crippen LogP contribution >= 0.6 is 0 Å². The lowest BCUT2D eigenvalue weighted by atomic mass is 10.1. The van der Waals surface area contributed by atoms with E-state index in [1.807, 2.05) is 74.5 Å². The molecule has 0 aliphatic carbocycles. The van der Waals surface area contributed by atoms with Gasteiger partial charge in [-0.3, -0.25) is 0 Å². The molecule has 2 aromatic rings. The van der Waals surface area contributed by atoms with Gasteiger partial charge in [-0.2, -0.15) is 0 Å². The smallest absolute Gasteiger partial charge is 0.407 e. The van der Waals surface area contributed by atoms with E-state index >= 15 is 0 Å². The Labute approximate surface area is 138 Å². The maximum atomic E-state index is 11.8. The molecule has 1 unspecified atom stereocenters. The summed E-state index contributed by atoms with van der Waals surface area (Å²) < 4.78 is 5.19. The van der Waals surface area contributed by atoms with Crippen LogP contribution in [-0.4, -0.2) is 18.7 Å². The van der Waals surface area contributed by atoms with Gasteiger partial charge in [0.25, 0.3) is 0 Å². The van der Waals surface area contributed by atoms with Gasteiger partial charge in [0, 0.05) is 12.6 Å². The van der Waals surface area contributed by atoms with Gasteiger partial charge >= 0.3 is 6.09 Å². The Balaban J connectivity index is 0.00000127. The van der Waals surface area contributed by atoms with Crippen LogP contribution in [0.15, 0.2) is 60.7 Å². The van der Waals surface area contributed by atoms with Gasteiger partial charge in [0.1, 0.15) is 6.61 Å². The molecule has 0 aliphatic rings. The SMILES string of the molecule is CC.NCC(Cc1ccccc1)NC(=O)OCc1ccccc1. The third-order valence-electron chi connectivity index (χ3n) is 3.14. The lowest BCUT2D eigenvalue weighted by Gasteiger charge is -2.16. The number of hydrogen-bond acceptors (Lipinski definition) is 3. The van der Waals surface area contributed by atoms with Crippen LogP contribution in [0.5, 0.6) is 0 Å². The van der Waals surface area contributed by atoms with Crippen molar-refractivity contribution in [2.75, 3.05) is 6.54 Å². The van der Waals surface area contributed by atoms with E-state index in [0.717, 1.165) is 11.1 Å². The Hall–Kier alpha value is -2.33. The zero-order chi connectivity index (χ0) is 16.9. The molecule has 0 saturated heterocycles. The first kappa shape index (κ1) is 18.7. The Morgan fingerprint density at radius 3 is 2.04 bits per heavy atom. The molecule has 23 heavy (non-hydrogen) atoms. The summed E-state index contributed by atoms with van der Waals surface area (Å²) in [6, 6.07) is 19.4. The van der Waals surface area contributed by atoms with Crippen molar-refractivity contribution in [1.82, 2.24) is 5.32 Å². The van der Waals surface area contributed by atoms with Crippen LogP contribution < -0.4 is 11.1 Å². The van der Waals surface area contributed by atoms with Crippen LogP contribution in [0.3, 0.4) is 0 Å². The second-order valence-electron chi connectivity index (χ2n) is 4.83. The number of carbonyl (C=O) groups excluding carboxylic acids is 1. The normalized spacial score (nSPS) is 10.9. The highest BCUT2D eigenvalue weighted by Gasteiger charge is 2.12. The van der Waals surface area contributed by atoms with Gasteiger partial charge in [0.05, 0.1) is 0 Å². The standard InChI is InChI=1S/C17H20N2O2.C2H6/c18-12-16(11-14-7-3-1-4-8-14)19-17(20)21-13-15-9-5-2-6-10-15;1-2/h1-10,16H,11-13,18H2,(H,19,20);1-2H3. The first-order chi connectivity index (χ1) is 11.3. The summed E-state index contributed by atoms with van der Waals surface area (Å²) in [4.78, 5) is 11.8. The van der Waals surface area contributed by atoms with Crippen molar-refractivity contribution in [2.45, 2.75) is 32.9 Å². The molecular formula is C19H26N2O2. The molecule has 1 amide bonds. The van der Waals surface area contributed by atoms with Gasteiger partial charge in [0.2, 0.25) is 0 Å². The minimum absolute atomic E-state index is 0.129. The van der Waals surface area contributed by atoms with Gasteiger partial charge in [-0.15, -0.1) is 0 Å². The second-order valence-corrected chi connectivity index (χ2v) is 4.83. The fraction of sp³-hybridized carbons (Fsp3) is 0.316. The van der Waals surface area contributed by atoms with E-state index in [4.69, 9.17) is 10.5 Å². The highest BCUT2D eigenvalue weighted by atomic mass is 16.5. The van der Waals surface area contributed by atoms with E-state index < -0.39 is 6.09 Å². The molecule has 0 saturated carbocycles. The zero-order valence-electron chi connectivity index (χ0n) is 13.9. The van der Waals surface area contributed by atoms with Crippen molar-refractivity contribution in [1.29, 1.82) is 0 Å². The average molecular weight is 314 g/mol. The minimum atomic E-state index is -0.440. The van der Waals surface area contributed by atoms with Gasteiger partial charge in [-0.05, 0) is 17.5 Å².